The fourth-order valence-corrected chi connectivity index (χ4v) is 3.46. The van der Waals surface area contributed by atoms with Crippen molar-refractivity contribution in [2.24, 2.45) is 0 Å². The van der Waals surface area contributed by atoms with Gasteiger partial charge >= 0.3 is 0 Å². The van der Waals surface area contributed by atoms with Gasteiger partial charge in [-0.3, -0.25) is 4.98 Å². The first-order chi connectivity index (χ1) is 15.2. The van der Waals surface area contributed by atoms with Crippen molar-refractivity contribution in [3.63, 3.8) is 0 Å². The van der Waals surface area contributed by atoms with Crippen molar-refractivity contribution in [2.45, 2.75) is 13.1 Å². The minimum absolute atomic E-state index is 0. The summed E-state index contributed by atoms with van der Waals surface area (Å²) in [6.45, 7) is 1.08. The summed E-state index contributed by atoms with van der Waals surface area (Å²) in [4.78, 5) is 4.03. The van der Waals surface area contributed by atoms with Gasteiger partial charge in [0.25, 0.3) is 0 Å². The average Bonchev–Trinajstić information content (AvgIpc) is 2.82. The van der Waals surface area contributed by atoms with E-state index in [9.17, 15) is 5.26 Å². The van der Waals surface area contributed by atoms with E-state index in [1.54, 1.807) is 25.6 Å². The molecule has 0 fully saturated rings. The van der Waals surface area contributed by atoms with Crippen LogP contribution in [0.15, 0.2) is 60.9 Å². The number of nitrogens with one attached hydrogen (secondary N) is 2. The maximum Gasteiger partial charge on any atom is 0.157 e. The lowest BCUT2D eigenvalue weighted by molar-refractivity contribution is 0.415. The molecule has 7 nitrogen and oxygen atoms in total. The minimum atomic E-state index is 0. The normalized spacial score (nSPS) is 9.85. The largest absolute Gasteiger partial charge is 0.495 e. The lowest BCUT2D eigenvalue weighted by atomic mass is 10.1. The Morgan fingerprint density at radius 1 is 0.879 bits per heavy atom. The highest BCUT2D eigenvalue weighted by Crippen LogP contribution is 2.29. The summed E-state index contributed by atoms with van der Waals surface area (Å²) in [5.41, 5.74) is 2.60. The lowest BCUT2D eigenvalue weighted by Crippen LogP contribution is -2.07. The van der Waals surface area contributed by atoms with E-state index in [-0.39, 0.29) is 24.8 Å². The summed E-state index contributed by atoms with van der Waals surface area (Å²) < 4.78 is 5.20. The zero-order chi connectivity index (χ0) is 21.6. The van der Waals surface area contributed by atoms with Gasteiger partial charge in [0.2, 0.25) is 0 Å². The van der Waals surface area contributed by atoms with Crippen molar-refractivity contribution in [2.75, 3.05) is 17.7 Å². The fourth-order valence-electron chi connectivity index (χ4n) is 3.18. The molecule has 2 N–H and O–H groups in total. The first kappa shape index (κ1) is 25.9. The van der Waals surface area contributed by atoms with Gasteiger partial charge in [-0.25, -0.2) is 0 Å². The van der Waals surface area contributed by atoms with Crippen molar-refractivity contribution in [3.05, 3.63) is 82.6 Å². The molecule has 33 heavy (non-hydrogen) atoms. The summed E-state index contributed by atoms with van der Waals surface area (Å²) >= 11 is 6.22. The van der Waals surface area contributed by atoms with Crippen LogP contribution in [0.3, 0.4) is 0 Å². The van der Waals surface area contributed by atoms with Gasteiger partial charge < -0.3 is 15.4 Å². The highest BCUT2D eigenvalue weighted by atomic mass is 35.5. The Kier molecular flexibility index (Phi) is 9.49. The highest BCUT2D eigenvalue weighted by Gasteiger charge is 2.11. The zero-order valence-electron chi connectivity index (χ0n) is 17.6. The fraction of sp³-hybridized carbons (Fsp3) is 0.130. The van der Waals surface area contributed by atoms with Crippen LogP contribution in [0.25, 0.3) is 10.8 Å². The summed E-state index contributed by atoms with van der Waals surface area (Å²) in [5, 5.41) is 26.9. The van der Waals surface area contributed by atoms with E-state index >= 15 is 0 Å². The number of hydrogen-bond acceptors (Lipinski definition) is 7. The Hall–Kier alpha value is -3.31. The molecule has 4 aromatic rings. The van der Waals surface area contributed by atoms with Crippen LogP contribution in [0.4, 0.5) is 11.6 Å². The lowest BCUT2D eigenvalue weighted by Gasteiger charge is -2.13. The first-order valence-corrected chi connectivity index (χ1v) is 9.95. The monoisotopic (exact) mass is 502 g/mol. The number of benzene rings is 2. The molecule has 0 unspecified atom stereocenters. The maximum absolute atomic E-state index is 9.34. The molecule has 0 amide bonds. The van der Waals surface area contributed by atoms with Crippen LogP contribution >= 0.6 is 36.4 Å². The number of nitriles is 1. The van der Waals surface area contributed by atoms with Gasteiger partial charge in [-0.2, -0.15) is 5.26 Å². The summed E-state index contributed by atoms with van der Waals surface area (Å²) in [7, 11) is 1.58. The number of methoxy groups -OCH3 is 1. The Balaban J connectivity index is 0.00000193. The molecule has 170 valence electrons. The van der Waals surface area contributed by atoms with Crippen molar-refractivity contribution < 1.29 is 4.74 Å². The predicted molar refractivity (Wildman–Crippen MR) is 136 cm³/mol. The average molecular weight is 504 g/mol. The van der Waals surface area contributed by atoms with Gasteiger partial charge in [0.15, 0.2) is 11.6 Å². The molecular formula is C23H21Cl3N6O. The number of anilines is 2. The van der Waals surface area contributed by atoms with Crippen molar-refractivity contribution >= 4 is 58.8 Å². The number of hydrogen-bond donors (Lipinski definition) is 2. The van der Waals surface area contributed by atoms with Gasteiger partial charge in [-0.15, -0.1) is 35.0 Å². The second-order valence-electron chi connectivity index (χ2n) is 6.80. The Morgan fingerprint density at radius 2 is 1.55 bits per heavy atom. The summed E-state index contributed by atoms with van der Waals surface area (Å²) in [5.74, 6) is 1.86. The number of ether oxygens (including phenoxy) is 1. The zero-order valence-corrected chi connectivity index (χ0v) is 20.0. The Labute approximate surface area is 209 Å². The molecule has 0 atom stereocenters. The van der Waals surface area contributed by atoms with Gasteiger partial charge in [0, 0.05) is 36.3 Å². The van der Waals surface area contributed by atoms with Crippen LogP contribution < -0.4 is 15.4 Å². The molecule has 2 aromatic heterocycles. The first-order valence-electron chi connectivity index (χ1n) is 9.57. The molecule has 4 rings (SSSR count). The maximum atomic E-state index is 9.34. The van der Waals surface area contributed by atoms with Crippen LogP contribution in [-0.2, 0) is 13.1 Å². The molecule has 2 heterocycles. The Bertz CT molecular complexity index is 1260. The van der Waals surface area contributed by atoms with Crippen molar-refractivity contribution in [1.29, 1.82) is 5.26 Å². The number of rotatable bonds is 7. The third-order valence-electron chi connectivity index (χ3n) is 4.79. The van der Waals surface area contributed by atoms with E-state index in [0.717, 1.165) is 21.9 Å². The molecule has 0 saturated heterocycles. The third-order valence-corrected chi connectivity index (χ3v) is 5.09. The molecule has 0 aliphatic heterocycles. The van der Waals surface area contributed by atoms with E-state index in [1.165, 1.54) is 0 Å². The van der Waals surface area contributed by atoms with Gasteiger partial charge in [0.05, 0.1) is 23.8 Å². The van der Waals surface area contributed by atoms with E-state index in [4.69, 9.17) is 16.3 Å². The molecular weight excluding hydrogens is 483 g/mol. The van der Waals surface area contributed by atoms with Crippen LogP contribution in [0.5, 0.6) is 5.75 Å². The quantitative estimate of drug-likeness (QED) is 0.337. The molecule has 2 aromatic carbocycles. The van der Waals surface area contributed by atoms with E-state index in [1.807, 2.05) is 42.5 Å². The molecule has 0 spiro atoms. The van der Waals surface area contributed by atoms with Crippen molar-refractivity contribution in [3.8, 4) is 11.8 Å². The standard InChI is InChI=1S/C23H19ClN6O.2ClH/c1-31-21-5-3-17(11-20(21)24)14-28-23-19-10-16(12-25)2-4-18(19)22(29-30-23)27-13-15-6-8-26-9-7-15;;/h2-11H,13-14H2,1H3,(H,27,29)(H,28,30);2*1H. The second-order valence-corrected chi connectivity index (χ2v) is 7.21. The number of aromatic nitrogens is 3. The molecule has 0 bridgehead atoms. The second kappa shape index (κ2) is 12.1. The van der Waals surface area contributed by atoms with Crippen molar-refractivity contribution in [1.82, 2.24) is 15.2 Å². The SMILES string of the molecule is COc1ccc(CNc2nnc(NCc3ccncc3)c3ccc(C#N)cc23)cc1Cl.Cl.Cl. The molecule has 10 heteroatoms. The van der Waals surface area contributed by atoms with Gasteiger partial charge in [-0.1, -0.05) is 17.7 Å². The minimum Gasteiger partial charge on any atom is -0.495 e. The van der Waals surface area contributed by atoms with E-state index in [0.29, 0.717) is 41.1 Å². The van der Waals surface area contributed by atoms with Crippen LogP contribution in [0, 0.1) is 11.3 Å². The van der Waals surface area contributed by atoms with Crippen LogP contribution in [-0.4, -0.2) is 22.3 Å². The Morgan fingerprint density at radius 3 is 2.18 bits per heavy atom. The van der Waals surface area contributed by atoms with Crippen LogP contribution in [0.1, 0.15) is 16.7 Å². The summed E-state index contributed by atoms with van der Waals surface area (Å²) in [6.07, 6.45) is 3.50. The van der Waals surface area contributed by atoms with E-state index in [2.05, 4.69) is 31.9 Å². The molecule has 0 aliphatic carbocycles. The highest BCUT2D eigenvalue weighted by molar-refractivity contribution is 6.32. The smallest absolute Gasteiger partial charge is 0.157 e. The van der Waals surface area contributed by atoms with Gasteiger partial charge in [-0.05, 0) is 53.6 Å². The van der Waals surface area contributed by atoms with Crippen LogP contribution in [0.2, 0.25) is 5.02 Å². The summed E-state index contributed by atoms with van der Waals surface area (Å²) in [6, 6.07) is 17.1. The molecule has 0 saturated carbocycles. The number of nitrogens with zero attached hydrogens (tertiary/aromatic N) is 4. The molecule has 0 radical (unpaired) electrons. The number of pyridine rings is 1. The third kappa shape index (κ3) is 6.14. The van der Waals surface area contributed by atoms with E-state index < -0.39 is 0 Å². The predicted octanol–water partition coefficient (Wildman–Crippen LogP) is 5.63. The number of fused-ring (bicyclic) bond motifs is 1. The number of halogens is 3. The topological polar surface area (TPSA) is 95.8 Å². The molecule has 0 aliphatic rings. The van der Waals surface area contributed by atoms with Gasteiger partial charge in [0.1, 0.15) is 5.75 Å².